The normalized spacial score (nSPS) is 10.2. The first kappa shape index (κ1) is 10.2. The first-order valence-electron chi connectivity index (χ1n) is 4.20. The molecule has 2 rings (SSSR count). The van der Waals surface area contributed by atoms with E-state index in [2.05, 4.69) is 10.2 Å². The third-order valence-corrected chi connectivity index (χ3v) is 2.65. The number of hydrogen-bond donors (Lipinski definition) is 1. The minimum atomic E-state index is 0.355. The van der Waals surface area contributed by atoms with Crippen molar-refractivity contribution in [3.63, 3.8) is 0 Å². The molecule has 0 bridgehead atoms. The number of nitrogens with two attached hydrogens (primary N) is 1. The van der Waals surface area contributed by atoms with E-state index in [1.54, 1.807) is 12.1 Å². The molecule has 1 aromatic carbocycles. The maximum Gasteiger partial charge on any atom is 0.207 e. The number of benzene rings is 1. The number of hydrogen-bond acceptors (Lipinski definition) is 5. The van der Waals surface area contributed by atoms with Crippen molar-refractivity contribution in [1.82, 2.24) is 10.2 Å². The van der Waals surface area contributed by atoms with Crippen LogP contribution < -0.4 is 10.5 Å². The van der Waals surface area contributed by atoms with E-state index >= 15 is 0 Å². The Hall–Kier alpha value is -1.33. The van der Waals surface area contributed by atoms with Gasteiger partial charge in [-0.3, -0.25) is 0 Å². The summed E-state index contributed by atoms with van der Waals surface area (Å²) in [6.07, 6.45) is 0. The van der Waals surface area contributed by atoms with E-state index in [1.807, 2.05) is 12.1 Å². The van der Waals surface area contributed by atoms with E-state index in [0.29, 0.717) is 22.5 Å². The fourth-order valence-corrected chi connectivity index (χ4v) is 1.82. The van der Waals surface area contributed by atoms with Crippen LogP contribution in [0.2, 0.25) is 4.47 Å². The SMILES string of the molecule is Nc1cccc(OCc2nnc(Cl)s2)c1. The second kappa shape index (κ2) is 4.46. The fraction of sp³-hybridized carbons (Fsp3) is 0.111. The Bertz CT molecular complexity index is 460. The van der Waals surface area contributed by atoms with Gasteiger partial charge in [-0.05, 0) is 23.7 Å². The van der Waals surface area contributed by atoms with Gasteiger partial charge < -0.3 is 10.5 Å². The molecule has 2 aromatic rings. The molecule has 0 unspecified atom stereocenters. The van der Waals surface area contributed by atoms with Gasteiger partial charge in [0.05, 0.1) is 0 Å². The van der Waals surface area contributed by atoms with Crippen molar-refractivity contribution in [2.45, 2.75) is 6.61 Å². The molecule has 1 aromatic heterocycles. The van der Waals surface area contributed by atoms with Crippen molar-refractivity contribution in [2.24, 2.45) is 0 Å². The highest BCUT2D eigenvalue weighted by atomic mass is 35.5. The molecule has 0 saturated carbocycles. The van der Waals surface area contributed by atoms with Crippen LogP contribution in [0.1, 0.15) is 5.01 Å². The summed E-state index contributed by atoms with van der Waals surface area (Å²) < 4.78 is 5.87. The van der Waals surface area contributed by atoms with Gasteiger partial charge in [0.1, 0.15) is 12.4 Å². The van der Waals surface area contributed by atoms with Gasteiger partial charge in [-0.2, -0.15) is 0 Å². The largest absolute Gasteiger partial charge is 0.486 e. The third kappa shape index (κ3) is 2.81. The lowest BCUT2D eigenvalue weighted by Crippen LogP contribution is -1.95. The van der Waals surface area contributed by atoms with Gasteiger partial charge in [-0.25, -0.2) is 0 Å². The minimum Gasteiger partial charge on any atom is -0.486 e. The van der Waals surface area contributed by atoms with Crippen LogP contribution in [0.4, 0.5) is 5.69 Å². The summed E-state index contributed by atoms with van der Waals surface area (Å²) in [5.74, 6) is 0.710. The molecule has 15 heavy (non-hydrogen) atoms. The van der Waals surface area contributed by atoms with E-state index in [1.165, 1.54) is 11.3 Å². The molecule has 0 amide bonds. The molecule has 1 heterocycles. The standard InChI is InChI=1S/C9H8ClN3OS/c10-9-13-12-8(15-9)5-14-7-3-1-2-6(11)4-7/h1-4H,5,11H2. The highest BCUT2D eigenvalue weighted by Crippen LogP contribution is 2.19. The lowest BCUT2D eigenvalue weighted by molar-refractivity contribution is 0.304. The second-order valence-electron chi connectivity index (χ2n) is 2.81. The van der Waals surface area contributed by atoms with E-state index in [-0.39, 0.29) is 0 Å². The van der Waals surface area contributed by atoms with E-state index < -0.39 is 0 Å². The van der Waals surface area contributed by atoms with Crippen LogP contribution in [0, 0.1) is 0 Å². The lowest BCUT2D eigenvalue weighted by Gasteiger charge is -2.03. The van der Waals surface area contributed by atoms with E-state index in [0.717, 1.165) is 5.01 Å². The summed E-state index contributed by atoms with van der Waals surface area (Å²) in [5, 5.41) is 8.25. The number of anilines is 1. The number of aromatic nitrogens is 2. The van der Waals surface area contributed by atoms with Crippen molar-refractivity contribution >= 4 is 28.6 Å². The number of rotatable bonds is 3. The number of nitrogens with zero attached hydrogens (tertiary/aromatic N) is 2. The number of ether oxygens (including phenoxy) is 1. The minimum absolute atomic E-state index is 0.355. The summed E-state index contributed by atoms with van der Waals surface area (Å²) >= 11 is 6.93. The molecule has 0 aliphatic heterocycles. The van der Waals surface area contributed by atoms with Crippen molar-refractivity contribution in [3.05, 3.63) is 33.7 Å². The van der Waals surface area contributed by atoms with Gasteiger partial charge in [0.15, 0.2) is 5.01 Å². The summed E-state index contributed by atoms with van der Waals surface area (Å²) in [6, 6.07) is 7.22. The lowest BCUT2D eigenvalue weighted by atomic mass is 10.3. The molecule has 0 saturated heterocycles. The van der Waals surface area contributed by atoms with E-state index in [9.17, 15) is 0 Å². The first-order valence-corrected chi connectivity index (χ1v) is 5.40. The Morgan fingerprint density at radius 1 is 1.40 bits per heavy atom. The average molecular weight is 242 g/mol. The van der Waals surface area contributed by atoms with Crippen molar-refractivity contribution < 1.29 is 4.74 Å². The summed E-state index contributed by atoms with van der Waals surface area (Å²) in [6.45, 7) is 0.355. The third-order valence-electron chi connectivity index (χ3n) is 1.66. The number of nitrogen functional groups attached to an aromatic ring is 1. The van der Waals surface area contributed by atoms with E-state index in [4.69, 9.17) is 22.1 Å². The molecule has 0 aliphatic carbocycles. The molecule has 0 spiro atoms. The van der Waals surface area contributed by atoms with Gasteiger partial charge in [-0.15, -0.1) is 10.2 Å². The Kier molecular flexibility index (Phi) is 3.03. The maximum absolute atomic E-state index is 5.64. The molecule has 0 radical (unpaired) electrons. The molecule has 6 heteroatoms. The summed E-state index contributed by atoms with van der Waals surface area (Å²) in [5.41, 5.74) is 6.27. The van der Waals surface area contributed by atoms with Crippen molar-refractivity contribution in [2.75, 3.05) is 5.73 Å². The van der Waals surface area contributed by atoms with Crippen molar-refractivity contribution in [1.29, 1.82) is 0 Å². The zero-order chi connectivity index (χ0) is 10.7. The molecule has 0 atom stereocenters. The quantitative estimate of drug-likeness (QED) is 0.838. The van der Waals surface area contributed by atoms with Crippen LogP contribution in [0.15, 0.2) is 24.3 Å². The van der Waals surface area contributed by atoms with Crippen LogP contribution in [-0.4, -0.2) is 10.2 Å². The molecular weight excluding hydrogens is 234 g/mol. The fourth-order valence-electron chi connectivity index (χ4n) is 1.04. The monoisotopic (exact) mass is 241 g/mol. The topological polar surface area (TPSA) is 61.0 Å². The second-order valence-corrected chi connectivity index (χ2v) is 4.45. The molecule has 0 fully saturated rings. The molecule has 4 nitrogen and oxygen atoms in total. The van der Waals surface area contributed by atoms with Gasteiger partial charge >= 0.3 is 0 Å². The van der Waals surface area contributed by atoms with Gasteiger partial charge in [0.2, 0.25) is 4.47 Å². The predicted octanol–water partition coefficient (Wildman–Crippen LogP) is 2.35. The maximum atomic E-state index is 5.64. The van der Waals surface area contributed by atoms with Crippen LogP contribution in [-0.2, 0) is 6.61 Å². The van der Waals surface area contributed by atoms with Crippen molar-refractivity contribution in [3.8, 4) is 5.75 Å². The first-order chi connectivity index (χ1) is 7.24. The highest BCUT2D eigenvalue weighted by Gasteiger charge is 2.02. The molecule has 2 N–H and O–H groups in total. The predicted molar refractivity (Wildman–Crippen MR) is 60.1 cm³/mol. The number of halogens is 1. The van der Waals surface area contributed by atoms with Crippen LogP contribution in [0.3, 0.4) is 0 Å². The van der Waals surface area contributed by atoms with Crippen LogP contribution in [0.25, 0.3) is 0 Å². The molecule has 78 valence electrons. The molecule has 0 aliphatic rings. The zero-order valence-electron chi connectivity index (χ0n) is 7.68. The highest BCUT2D eigenvalue weighted by molar-refractivity contribution is 7.15. The smallest absolute Gasteiger partial charge is 0.207 e. The summed E-state index contributed by atoms with van der Waals surface area (Å²) in [4.78, 5) is 0. The Labute approximate surface area is 95.7 Å². The Balaban J connectivity index is 1.99. The Morgan fingerprint density at radius 2 is 2.27 bits per heavy atom. The van der Waals surface area contributed by atoms with Gasteiger partial charge in [0.25, 0.3) is 0 Å². The zero-order valence-corrected chi connectivity index (χ0v) is 9.26. The van der Waals surface area contributed by atoms with Gasteiger partial charge in [0, 0.05) is 11.8 Å². The van der Waals surface area contributed by atoms with Crippen LogP contribution >= 0.6 is 22.9 Å². The summed E-state index contributed by atoms with van der Waals surface area (Å²) in [7, 11) is 0. The van der Waals surface area contributed by atoms with Gasteiger partial charge in [-0.1, -0.05) is 17.4 Å². The average Bonchev–Trinajstić information content (AvgIpc) is 2.62. The Morgan fingerprint density at radius 3 is 2.93 bits per heavy atom. The van der Waals surface area contributed by atoms with Crippen LogP contribution in [0.5, 0.6) is 5.75 Å². The molecular formula is C9H8ClN3OS.